The van der Waals surface area contributed by atoms with Crippen molar-refractivity contribution in [1.29, 1.82) is 0 Å². The molecular weight excluding hydrogens is 330 g/mol. The highest BCUT2D eigenvalue weighted by Crippen LogP contribution is 2.23. The Morgan fingerprint density at radius 3 is 2.75 bits per heavy atom. The van der Waals surface area contributed by atoms with Gasteiger partial charge in [0.05, 0.1) is 10.7 Å². The molecule has 2 aromatic rings. The van der Waals surface area contributed by atoms with E-state index in [1.54, 1.807) is 16.8 Å². The van der Waals surface area contributed by atoms with Crippen molar-refractivity contribution in [2.45, 2.75) is 32.2 Å². The molecule has 0 aliphatic carbocycles. The highest BCUT2D eigenvalue weighted by molar-refractivity contribution is 6.32. The molecule has 1 atom stereocenters. The number of aromatic nitrogens is 2. The number of halogens is 1. The van der Waals surface area contributed by atoms with Crippen LogP contribution in [0, 0.1) is 6.92 Å². The number of carbonyl (C=O) groups is 2. The van der Waals surface area contributed by atoms with E-state index in [0.29, 0.717) is 23.7 Å². The van der Waals surface area contributed by atoms with E-state index in [-0.39, 0.29) is 11.6 Å². The summed E-state index contributed by atoms with van der Waals surface area (Å²) in [5.74, 6) is -1.32. The fourth-order valence-corrected chi connectivity index (χ4v) is 3.24. The molecule has 7 heteroatoms. The average Bonchev–Trinajstić information content (AvgIpc) is 2.96. The number of aryl methyl sites for hydroxylation is 1. The van der Waals surface area contributed by atoms with Gasteiger partial charge in [0.1, 0.15) is 6.04 Å². The lowest BCUT2D eigenvalue weighted by molar-refractivity contribution is -0.143. The Labute approximate surface area is 144 Å². The van der Waals surface area contributed by atoms with Crippen LogP contribution in [0.3, 0.4) is 0 Å². The molecule has 126 valence electrons. The van der Waals surface area contributed by atoms with Gasteiger partial charge in [-0.15, -0.1) is 0 Å². The van der Waals surface area contributed by atoms with Crippen molar-refractivity contribution in [1.82, 2.24) is 14.7 Å². The maximum Gasteiger partial charge on any atom is 0.326 e. The normalized spacial score (nSPS) is 17.8. The van der Waals surface area contributed by atoms with Crippen LogP contribution >= 0.6 is 11.6 Å². The monoisotopic (exact) mass is 347 g/mol. The number of hydrogen-bond acceptors (Lipinski definition) is 3. The van der Waals surface area contributed by atoms with Gasteiger partial charge >= 0.3 is 5.97 Å². The second-order valence-corrected chi connectivity index (χ2v) is 6.29. The van der Waals surface area contributed by atoms with Crippen LogP contribution in [0.5, 0.6) is 0 Å². The van der Waals surface area contributed by atoms with Gasteiger partial charge in [0.15, 0.2) is 5.69 Å². The summed E-state index contributed by atoms with van der Waals surface area (Å²) >= 11 is 6.20. The molecule has 1 N–H and O–H groups in total. The Balaban J connectivity index is 1.93. The minimum absolute atomic E-state index is 0.237. The zero-order chi connectivity index (χ0) is 17.3. The summed E-state index contributed by atoms with van der Waals surface area (Å²) in [7, 11) is 0. The molecule has 6 nitrogen and oxygen atoms in total. The van der Waals surface area contributed by atoms with Gasteiger partial charge in [0.2, 0.25) is 0 Å². The first-order valence-corrected chi connectivity index (χ1v) is 8.22. The maximum atomic E-state index is 12.8. The Kier molecular flexibility index (Phi) is 4.57. The Morgan fingerprint density at radius 2 is 2.04 bits per heavy atom. The molecule has 1 saturated heterocycles. The standard InChI is InChI=1S/C17H18ClN3O3/c1-11-10-13(19-21(11)14-7-3-2-6-12(14)18)16(22)20-9-5-4-8-15(20)17(23)24/h2-3,6-7,10,15H,4-5,8-9H2,1H3,(H,23,24). The number of aliphatic carboxylic acids is 1. The number of amides is 1. The molecule has 0 saturated carbocycles. The molecule has 1 aromatic carbocycles. The van der Waals surface area contributed by atoms with Crippen LogP contribution in [0.1, 0.15) is 35.4 Å². The Bertz CT molecular complexity index is 787. The van der Waals surface area contributed by atoms with Gasteiger partial charge < -0.3 is 10.0 Å². The predicted octanol–water partition coefficient (Wildman–Crippen LogP) is 2.91. The Morgan fingerprint density at radius 1 is 1.29 bits per heavy atom. The highest BCUT2D eigenvalue weighted by atomic mass is 35.5. The zero-order valence-electron chi connectivity index (χ0n) is 13.3. The predicted molar refractivity (Wildman–Crippen MR) is 89.6 cm³/mol. The van der Waals surface area contributed by atoms with Crippen LogP contribution < -0.4 is 0 Å². The topological polar surface area (TPSA) is 75.4 Å². The largest absolute Gasteiger partial charge is 0.480 e. The smallest absolute Gasteiger partial charge is 0.326 e. The quantitative estimate of drug-likeness (QED) is 0.926. The molecule has 1 fully saturated rings. The van der Waals surface area contributed by atoms with Crippen molar-refractivity contribution in [2.24, 2.45) is 0 Å². The van der Waals surface area contributed by atoms with Gasteiger partial charge in [-0.1, -0.05) is 23.7 Å². The van der Waals surface area contributed by atoms with Crippen LogP contribution in [0.25, 0.3) is 5.69 Å². The van der Waals surface area contributed by atoms with Crippen molar-refractivity contribution in [3.05, 3.63) is 46.7 Å². The second-order valence-electron chi connectivity index (χ2n) is 5.88. The first kappa shape index (κ1) is 16.5. The summed E-state index contributed by atoms with van der Waals surface area (Å²) in [6.07, 6.45) is 2.10. The van der Waals surface area contributed by atoms with Crippen LogP contribution in [0.15, 0.2) is 30.3 Å². The van der Waals surface area contributed by atoms with Gasteiger partial charge in [-0.2, -0.15) is 5.10 Å². The SMILES string of the molecule is Cc1cc(C(=O)N2CCCCC2C(=O)O)nn1-c1ccccc1Cl. The number of carboxylic acids is 1. The van der Waals surface area contributed by atoms with E-state index in [1.165, 1.54) is 4.90 Å². The number of likely N-dealkylation sites (tertiary alicyclic amines) is 1. The average molecular weight is 348 g/mol. The molecule has 1 amide bonds. The number of para-hydroxylation sites is 1. The molecule has 0 bridgehead atoms. The lowest BCUT2D eigenvalue weighted by atomic mass is 10.0. The molecular formula is C17H18ClN3O3. The molecule has 2 heterocycles. The van der Waals surface area contributed by atoms with E-state index in [0.717, 1.165) is 18.5 Å². The van der Waals surface area contributed by atoms with Crippen LogP contribution in [-0.4, -0.2) is 44.3 Å². The number of carboxylic acid groups (broad SMARTS) is 1. The highest BCUT2D eigenvalue weighted by Gasteiger charge is 2.33. The van der Waals surface area contributed by atoms with E-state index in [1.807, 2.05) is 25.1 Å². The third-order valence-electron chi connectivity index (χ3n) is 4.24. The molecule has 1 aromatic heterocycles. The minimum atomic E-state index is -0.967. The molecule has 0 spiro atoms. The molecule has 24 heavy (non-hydrogen) atoms. The lowest BCUT2D eigenvalue weighted by Gasteiger charge is -2.32. The van der Waals surface area contributed by atoms with Crippen molar-refractivity contribution in [3.63, 3.8) is 0 Å². The first-order valence-electron chi connectivity index (χ1n) is 7.84. The minimum Gasteiger partial charge on any atom is -0.480 e. The molecule has 1 unspecified atom stereocenters. The lowest BCUT2D eigenvalue weighted by Crippen LogP contribution is -2.48. The van der Waals surface area contributed by atoms with Gasteiger partial charge in [-0.05, 0) is 44.4 Å². The maximum absolute atomic E-state index is 12.8. The molecule has 0 radical (unpaired) electrons. The molecule has 3 rings (SSSR count). The number of piperidine rings is 1. The van der Waals surface area contributed by atoms with Crippen molar-refractivity contribution in [2.75, 3.05) is 6.54 Å². The zero-order valence-corrected chi connectivity index (χ0v) is 14.0. The van der Waals surface area contributed by atoms with Crippen LogP contribution in [0.2, 0.25) is 5.02 Å². The summed E-state index contributed by atoms with van der Waals surface area (Å²) in [6, 6.07) is 8.12. The Hall–Kier alpha value is -2.34. The summed E-state index contributed by atoms with van der Waals surface area (Å²) in [5.41, 5.74) is 1.68. The summed E-state index contributed by atoms with van der Waals surface area (Å²) in [5, 5.41) is 14.2. The number of benzene rings is 1. The van der Waals surface area contributed by atoms with Gasteiger partial charge in [0, 0.05) is 12.2 Å². The van der Waals surface area contributed by atoms with E-state index in [2.05, 4.69) is 5.10 Å². The van der Waals surface area contributed by atoms with E-state index >= 15 is 0 Å². The van der Waals surface area contributed by atoms with Crippen LogP contribution in [0.4, 0.5) is 0 Å². The molecule has 1 aliphatic rings. The summed E-state index contributed by atoms with van der Waals surface area (Å²) in [4.78, 5) is 25.6. The number of rotatable bonds is 3. The number of carbonyl (C=O) groups excluding carboxylic acids is 1. The summed E-state index contributed by atoms with van der Waals surface area (Å²) < 4.78 is 1.61. The fraction of sp³-hybridized carbons (Fsp3) is 0.353. The van der Waals surface area contributed by atoms with Gasteiger partial charge in [-0.25, -0.2) is 9.48 Å². The van der Waals surface area contributed by atoms with Gasteiger partial charge in [-0.3, -0.25) is 4.79 Å². The van der Waals surface area contributed by atoms with Crippen molar-refractivity contribution >= 4 is 23.5 Å². The van der Waals surface area contributed by atoms with Crippen molar-refractivity contribution < 1.29 is 14.7 Å². The second kappa shape index (κ2) is 6.65. The van der Waals surface area contributed by atoms with E-state index < -0.39 is 12.0 Å². The van der Waals surface area contributed by atoms with Crippen LogP contribution in [-0.2, 0) is 4.79 Å². The van der Waals surface area contributed by atoms with Crippen molar-refractivity contribution in [3.8, 4) is 5.69 Å². The first-order chi connectivity index (χ1) is 11.5. The van der Waals surface area contributed by atoms with E-state index in [4.69, 9.17) is 11.6 Å². The molecule has 1 aliphatic heterocycles. The third-order valence-corrected chi connectivity index (χ3v) is 4.56. The fourth-order valence-electron chi connectivity index (χ4n) is 3.02. The van der Waals surface area contributed by atoms with Gasteiger partial charge in [0.25, 0.3) is 5.91 Å². The number of nitrogens with zero attached hydrogens (tertiary/aromatic N) is 3. The van der Waals surface area contributed by atoms with E-state index in [9.17, 15) is 14.7 Å². The third kappa shape index (κ3) is 3.01. The number of hydrogen-bond donors (Lipinski definition) is 1. The summed E-state index contributed by atoms with van der Waals surface area (Å²) in [6.45, 7) is 2.27.